The molecule has 1 N–H and O–H groups in total. The van der Waals surface area contributed by atoms with Gasteiger partial charge in [0.05, 0.1) is 36.3 Å². The summed E-state index contributed by atoms with van der Waals surface area (Å²) in [6, 6.07) is 12.5. The number of hydrogen-bond acceptors (Lipinski definition) is 4. The van der Waals surface area contributed by atoms with Gasteiger partial charge < -0.3 is 9.46 Å². The first kappa shape index (κ1) is 11.2. The Kier molecular flexibility index (Phi) is 2.76. The third-order valence-corrected chi connectivity index (χ3v) is 3.62. The largest absolute Gasteiger partial charge is 0.494 e. The molecule has 3 nitrogen and oxygen atoms in total. The van der Waals surface area contributed by atoms with E-state index in [4.69, 9.17) is 4.74 Å². The van der Waals surface area contributed by atoms with Crippen LogP contribution in [0, 0.1) is 5.82 Å². The Balaban J connectivity index is 2.07. The molecule has 2 aromatic carbocycles. The summed E-state index contributed by atoms with van der Waals surface area (Å²) in [5.74, 6) is 0.210. The third kappa shape index (κ3) is 1.76. The molecular weight excluding hydrogens is 251 g/mol. The number of halogens is 1. The van der Waals surface area contributed by atoms with Crippen LogP contribution in [0.2, 0.25) is 0 Å². The molecule has 0 saturated heterocycles. The van der Waals surface area contributed by atoms with Gasteiger partial charge in [-0.05, 0) is 24.3 Å². The molecule has 92 valence electrons. The summed E-state index contributed by atoms with van der Waals surface area (Å²) in [6.45, 7) is 0. The van der Waals surface area contributed by atoms with E-state index in [9.17, 15) is 4.39 Å². The first-order valence-electron chi connectivity index (χ1n) is 5.45. The van der Waals surface area contributed by atoms with Crippen LogP contribution in [-0.2, 0) is 0 Å². The van der Waals surface area contributed by atoms with Gasteiger partial charge in [0.2, 0.25) is 0 Å². The summed E-state index contributed by atoms with van der Waals surface area (Å²) >= 11 is 1.44. The van der Waals surface area contributed by atoms with Gasteiger partial charge in [-0.15, -0.1) is 0 Å². The highest BCUT2D eigenvalue weighted by molar-refractivity contribution is 8.02. The molecule has 0 bridgehead atoms. The zero-order valence-corrected chi connectivity index (χ0v) is 10.5. The van der Waals surface area contributed by atoms with Crippen molar-refractivity contribution in [1.29, 1.82) is 0 Å². The maximum absolute atomic E-state index is 13.2. The SMILES string of the molecule is COc1cc(F)ccc1N1SNc2ccccc21. The fourth-order valence-electron chi connectivity index (χ4n) is 1.88. The normalized spacial score (nSPS) is 13.1. The van der Waals surface area contributed by atoms with Crippen molar-refractivity contribution in [2.24, 2.45) is 0 Å². The van der Waals surface area contributed by atoms with Crippen molar-refractivity contribution in [2.75, 3.05) is 16.1 Å². The van der Waals surface area contributed by atoms with Gasteiger partial charge in [0.15, 0.2) is 0 Å². The van der Waals surface area contributed by atoms with Crippen LogP contribution < -0.4 is 13.8 Å². The fourth-order valence-corrected chi connectivity index (χ4v) is 2.75. The number of ether oxygens (including phenoxy) is 1. The first-order valence-corrected chi connectivity index (χ1v) is 6.22. The smallest absolute Gasteiger partial charge is 0.146 e. The van der Waals surface area contributed by atoms with Crippen molar-refractivity contribution >= 4 is 29.2 Å². The number of fused-ring (bicyclic) bond motifs is 1. The van der Waals surface area contributed by atoms with E-state index in [-0.39, 0.29) is 5.82 Å². The van der Waals surface area contributed by atoms with Crippen LogP contribution in [-0.4, -0.2) is 7.11 Å². The second-order valence-electron chi connectivity index (χ2n) is 3.82. The highest BCUT2D eigenvalue weighted by Gasteiger charge is 2.23. The number of hydrogen-bond donors (Lipinski definition) is 1. The summed E-state index contributed by atoms with van der Waals surface area (Å²) in [5, 5.41) is 0. The minimum atomic E-state index is -0.305. The fraction of sp³-hybridized carbons (Fsp3) is 0.0769. The lowest BCUT2D eigenvalue weighted by Gasteiger charge is -2.18. The van der Waals surface area contributed by atoms with E-state index in [1.54, 1.807) is 13.2 Å². The summed E-state index contributed by atoms with van der Waals surface area (Å²) in [5.41, 5.74) is 2.89. The molecule has 0 unspecified atom stereocenters. The molecule has 0 spiro atoms. The molecule has 1 aliphatic heterocycles. The van der Waals surface area contributed by atoms with Crippen molar-refractivity contribution < 1.29 is 9.13 Å². The number of para-hydroxylation sites is 2. The first-order chi connectivity index (χ1) is 8.79. The molecule has 0 saturated carbocycles. The Morgan fingerprint density at radius 1 is 1.17 bits per heavy atom. The molecule has 5 heteroatoms. The van der Waals surface area contributed by atoms with Crippen LogP contribution in [0.25, 0.3) is 0 Å². The van der Waals surface area contributed by atoms with Crippen molar-refractivity contribution in [3.05, 3.63) is 48.3 Å². The highest BCUT2D eigenvalue weighted by Crippen LogP contribution is 2.47. The Labute approximate surface area is 109 Å². The molecule has 0 fully saturated rings. The van der Waals surface area contributed by atoms with Gasteiger partial charge in [-0.2, -0.15) is 0 Å². The van der Waals surface area contributed by atoms with Gasteiger partial charge in [-0.3, -0.25) is 4.31 Å². The predicted molar refractivity (Wildman–Crippen MR) is 72.7 cm³/mol. The quantitative estimate of drug-likeness (QED) is 0.828. The van der Waals surface area contributed by atoms with E-state index in [1.165, 1.54) is 24.3 Å². The lowest BCUT2D eigenvalue weighted by Crippen LogP contribution is -2.05. The number of nitrogens with zero attached hydrogens (tertiary/aromatic N) is 1. The van der Waals surface area contributed by atoms with Gasteiger partial charge in [-0.25, -0.2) is 4.39 Å². The van der Waals surface area contributed by atoms with E-state index in [2.05, 4.69) is 4.72 Å². The molecule has 0 aliphatic carbocycles. The Morgan fingerprint density at radius 3 is 2.83 bits per heavy atom. The van der Waals surface area contributed by atoms with Crippen LogP contribution in [0.15, 0.2) is 42.5 Å². The van der Waals surface area contributed by atoms with E-state index < -0.39 is 0 Å². The molecular formula is C13H11FN2OS. The summed E-state index contributed by atoms with van der Waals surface area (Å²) in [6.07, 6.45) is 0. The van der Waals surface area contributed by atoms with Gasteiger partial charge in [0, 0.05) is 6.07 Å². The summed E-state index contributed by atoms with van der Waals surface area (Å²) < 4.78 is 23.6. The van der Waals surface area contributed by atoms with E-state index in [1.807, 2.05) is 28.6 Å². The van der Waals surface area contributed by atoms with Crippen LogP contribution in [0.1, 0.15) is 0 Å². The molecule has 18 heavy (non-hydrogen) atoms. The molecule has 0 aromatic heterocycles. The Bertz CT molecular complexity index is 591. The molecule has 1 heterocycles. The van der Waals surface area contributed by atoms with Crippen LogP contribution in [0.5, 0.6) is 5.75 Å². The van der Waals surface area contributed by atoms with Gasteiger partial charge in [0.25, 0.3) is 0 Å². The average molecular weight is 262 g/mol. The molecule has 0 atom stereocenters. The average Bonchev–Trinajstić information content (AvgIpc) is 2.82. The number of anilines is 3. The lowest BCUT2D eigenvalue weighted by atomic mass is 10.2. The minimum absolute atomic E-state index is 0.305. The Morgan fingerprint density at radius 2 is 2.00 bits per heavy atom. The molecule has 2 aromatic rings. The number of nitrogens with one attached hydrogen (secondary N) is 1. The zero-order chi connectivity index (χ0) is 12.5. The monoisotopic (exact) mass is 262 g/mol. The highest BCUT2D eigenvalue weighted by atomic mass is 32.2. The Hall–Kier alpha value is -1.88. The molecule has 1 aliphatic rings. The molecule has 3 rings (SSSR count). The van der Waals surface area contributed by atoms with Gasteiger partial charge in [-0.1, -0.05) is 12.1 Å². The topological polar surface area (TPSA) is 24.5 Å². The maximum atomic E-state index is 13.2. The van der Waals surface area contributed by atoms with Crippen LogP contribution >= 0.6 is 12.1 Å². The summed E-state index contributed by atoms with van der Waals surface area (Å²) in [7, 11) is 1.54. The lowest BCUT2D eigenvalue weighted by molar-refractivity contribution is 0.413. The van der Waals surface area contributed by atoms with Crippen molar-refractivity contribution in [3.63, 3.8) is 0 Å². The summed E-state index contributed by atoms with van der Waals surface area (Å²) in [4.78, 5) is 0. The van der Waals surface area contributed by atoms with E-state index in [0.29, 0.717) is 5.75 Å². The molecule has 0 amide bonds. The van der Waals surface area contributed by atoms with Crippen LogP contribution in [0.4, 0.5) is 21.5 Å². The zero-order valence-electron chi connectivity index (χ0n) is 9.68. The maximum Gasteiger partial charge on any atom is 0.146 e. The minimum Gasteiger partial charge on any atom is -0.494 e. The standard InChI is InChI=1S/C13H11FN2OS/c1-17-13-8-9(14)6-7-12(13)16-11-5-3-2-4-10(11)15-18-16/h2-8,15H,1H3. The second-order valence-corrected chi connectivity index (χ2v) is 4.57. The number of methoxy groups -OCH3 is 1. The predicted octanol–water partition coefficient (Wildman–Crippen LogP) is 3.96. The third-order valence-electron chi connectivity index (χ3n) is 2.73. The van der Waals surface area contributed by atoms with Crippen molar-refractivity contribution in [2.45, 2.75) is 0 Å². The number of rotatable bonds is 2. The van der Waals surface area contributed by atoms with E-state index in [0.717, 1.165) is 17.1 Å². The van der Waals surface area contributed by atoms with Crippen molar-refractivity contribution in [3.8, 4) is 5.75 Å². The van der Waals surface area contributed by atoms with Gasteiger partial charge >= 0.3 is 0 Å². The van der Waals surface area contributed by atoms with Gasteiger partial charge in [0.1, 0.15) is 11.6 Å². The second kappa shape index (κ2) is 4.42. The van der Waals surface area contributed by atoms with Crippen LogP contribution in [0.3, 0.4) is 0 Å². The number of benzene rings is 2. The van der Waals surface area contributed by atoms with E-state index >= 15 is 0 Å². The van der Waals surface area contributed by atoms with Crippen molar-refractivity contribution in [1.82, 2.24) is 0 Å². The molecule has 0 radical (unpaired) electrons.